The highest BCUT2D eigenvalue weighted by Crippen LogP contribution is 2.34. The van der Waals surface area contributed by atoms with Gasteiger partial charge in [-0.05, 0) is 71.5 Å². The lowest BCUT2D eigenvalue weighted by atomic mass is 9.91. The van der Waals surface area contributed by atoms with Crippen molar-refractivity contribution >= 4 is 0 Å². The molecule has 0 saturated carbocycles. The molecule has 0 amide bonds. The van der Waals surface area contributed by atoms with Gasteiger partial charge in [0.05, 0.1) is 0 Å². The zero-order valence-corrected chi connectivity index (χ0v) is 12.7. The smallest absolute Gasteiger partial charge is 0.115 e. The molecule has 0 aliphatic rings. The fourth-order valence-corrected chi connectivity index (χ4v) is 2.74. The first kappa shape index (κ1) is 14.2. The predicted octanol–water partition coefficient (Wildman–Crippen LogP) is 5.05. The fraction of sp³-hybridized carbons (Fsp3) is 0.100. The third kappa shape index (κ3) is 2.68. The highest BCUT2D eigenvalue weighted by atomic mass is 16.3. The Kier molecular flexibility index (Phi) is 3.60. The molecule has 2 nitrogen and oxygen atoms in total. The molecular weight excluding hydrogens is 272 g/mol. The van der Waals surface area contributed by atoms with E-state index in [9.17, 15) is 10.2 Å². The summed E-state index contributed by atoms with van der Waals surface area (Å²) in [6.45, 7) is 4.18. The minimum Gasteiger partial charge on any atom is -0.508 e. The van der Waals surface area contributed by atoms with Crippen molar-refractivity contribution in [2.45, 2.75) is 13.8 Å². The summed E-state index contributed by atoms with van der Waals surface area (Å²) in [6.07, 6.45) is 0. The Morgan fingerprint density at radius 3 is 1.32 bits per heavy atom. The summed E-state index contributed by atoms with van der Waals surface area (Å²) in [7, 11) is 0. The highest BCUT2D eigenvalue weighted by molar-refractivity contribution is 5.79. The first-order valence-corrected chi connectivity index (χ1v) is 7.24. The van der Waals surface area contributed by atoms with Crippen molar-refractivity contribution in [3.8, 4) is 33.8 Å². The van der Waals surface area contributed by atoms with E-state index in [0.29, 0.717) is 0 Å². The molecule has 0 aromatic heterocycles. The molecule has 0 atom stereocenters. The van der Waals surface area contributed by atoms with Crippen molar-refractivity contribution in [3.63, 3.8) is 0 Å². The normalized spacial score (nSPS) is 10.6. The first-order valence-electron chi connectivity index (χ1n) is 7.24. The van der Waals surface area contributed by atoms with Crippen LogP contribution >= 0.6 is 0 Å². The van der Waals surface area contributed by atoms with Gasteiger partial charge in [0.1, 0.15) is 11.5 Å². The zero-order valence-electron chi connectivity index (χ0n) is 12.7. The summed E-state index contributed by atoms with van der Waals surface area (Å²) in [5.41, 5.74) is 6.84. The molecule has 22 heavy (non-hydrogen) atoms. The molecule has 3 aromatic rings. The predicted molar refractivity (Wildman–Crippen MR) is 90.1 cm³/mol. The van der Waals surface area contributed by atoms with Gasteiger partial charge >= 0.3 is 0 Å². The lowest BCUT2D eigenvalue weighted by Crippen LogP contribution is -1.90. The van der Waals surface area contributed by atoms with Crippen LogP contribution in [-0.2, 0) is 0 Å². The Balaban J connectivity index is 2.17. The Labute approximate surface area is 130 Å². The van der Waals surface area contributed by atoms with Gasteiger partial charge < -0.3 is 10.2 Å². The van der Waals surface area contributed by atoms with Crippen LogP contribution in [0.25, 0.3) is 22.3 Å². The molecule has 0 unspecified atom stereocenters. The molecule has 0 spiro atoms. The van der Waals surface area contributed by atoms with Crippen LogP contribution in [0.4, 0.5) is 0 Å². The molecule has 3 rings (SSSR count). The minimum absolute atomic E-state index is 0.271. The fourth-order valence-electron chi connectivity index (χ4n) is 2.74. The Morgan fingerprint density at radius 2 is 0.955 bits per heavy atom. The van der Waals surface area contributed by atoms with Crippen LogP contribution in [0, 0.1) is 13.8 Å². The van der Waals surface area contributed by atoms with Crippen LogP contribution in [0.1, 0.15) is 11.1 Å². The Bertz CT molecular complexity index is 734. The third-order valence-corrected chi connectivity index (χ3v) is 3.91. The van der Waals surface area contributed by atoms with Crippen LogP contribution in [0.3, 0.4) is 0 Å². The topological polar surface area (TPSA) is 40.5 Å². The van der Waals surface area contributed by atoms with E-state index in [1.54, 1.807) is 24.3 Å². The van der Waals surface area contributed by atoms with Crippen molar-refractivity contribution in [2.24, 2.45) is 0 Å². The van der Waals surface area contributed by atoms with Crippen LogP contribution in [-0.4, -0.2) is 10.2 Å². The lowest BCUT2D eigenvalue weighted by molar-refractivity contribution is 0.475. The number of benzene rings is 3. The maximum Gasteiger partial charge on any atom is 0.115 e. The average Bonchev–Trinajstić information content (AvgIpc) is 2.51. The van der Waals surface area contributed by atoms with Crippen LogP contribution in [0.5, 0.6) is 11.5 Å². The van der Waals surface area contributed by atoms with Crippen LogP contribution in [0.15, 0.2) is 60.7 Å². The largest absolute Gasteiger partial charge is 0.508 e. The molecule has 3 aromatic carbocycles. The molecule has 0 radical (unpaired) electrons. The highest BCUT2D eigenvalue weighted by Gasteiger charge is 2.10. The van der Waals surface area contributed by atoms with E-state index in [1.165, 1.54) is 11.1 Å². The molecule has 110 valence electrons. The van der Waals surface area contributed by atoms with Gasteiger partial charge in [-0.3, -0.25) is 0 Å². The molecule has 0 aliphatic carbocycles. The van der Waals surface area contributed by atoms with E-state index in [0.717, 1.165) is 22.3 Å². The van der Waals surface area contributed by atoms with Gasteiger partial charge in [0, 0.05) is 0 Å². The second kappa shape index (κ2) is 5.57. The Hall–Kier alpha value is -2.74. The minimum atomic E-state index is 0.271. The molecule has 2 N–H and O–H groups in total. The van der Waals surface area contributed by atoms with Crippen molar-refractivity contribution < 1.29 is 10.2 Å². The van der Waals surface area contributed by atoms with E-state index < -0.39 is 0 Å². The summed E-state index contributed by atoms with van der Waals surface area (Å²) in [6, 6.07) is 18.9. The van der Waals surface area contributed by atoms with Gasteiger partial charge in [0.15, 0.2) is 0 Å². The van der Waals surface area contributed by atoms with Crippen molar-refractivity contribution in [2.75, 3.05) is 0 Å². The molecular formula is C20H18O2. The number of hydrogen-bond donors (Lipinski definition) is 2. The third-order valence-electron chi connectivity index (χ3n) is 3.91. The molecule has 0 heterocycles. The molecule has 0 aliphatic heterocycles. The Morgan fingerprint density at radius 1 is 0.591 bits per heavy atom. The number of aryl methyl sites for hydroxylation is 1. The zero-order chi connectivity index (χ0) is 15.7. The average molecular weight is 290 g/mol. The molecule has 2 heteroatoms. The van der Waals surface area contributed by atoms with Crippen molar-refractivity contribution in [3.05, 3.63) is 71.8 Å². The van der Waals surface area contributed by atoms with E-state index >= 15 is 0 Å². The number of rotatable bonds is 2. The maximum absolute atomic E-state index is 9.46. The summed E-state index contributed by atoms with van der Waals surface area (Å²) in [5, 5.41) is 18.9. The van der Waals surface area contributed by atoms with E-state index in [4.69, 9.17) is 0 Å². The van der Waals surface area contributed by atoms with E-state index in [1.807, 2.05) is 24.3 Å². The van der Waals surface area contributed by atoms with E-state index in [-0.39, 0.29) is 11.5 Å². The number of aromatic hydroxyl groups is 2. The molecule has 0 saturated heterocycles. The van der Waals surface area contributed by atoms with Crippen molar-refractivity contribution in [1.82, 2.24) is 0 Å². The monoisotopic (exact) mass is 290 g/mol. The van der Waals surface area contributed by atoms with Gasteiger partial charge in [-0.1, -0.05) is 36.4 Å². The second-order valence-corrected chi connectivity index (χ2v) is 5.58. The van der Waals surface area contributed by atoms with Gasteiger partial charge in [-0.2, -0.15) is 0 Å². The van der Waals surface area contributed by atoms with Crippen LogP contribution < -0.4 is 0 Å². The summed E-state index contributed by atoms with van der Waals surface area (Å²) in [4.78, 5) is 0. The quantitative estimate of drug-likeness (QED) is 0.693. The molecule has 0 fully saturated rings. The first-order chi connectivity index (χ1) is 10.5. The maximum atomic E-state index is 9.46. The second-order valence-electron chi connectivity index (χ2n) is 5.58. The van der Waals surface area contributed by atoms with Crippen LogP contribution in [0.2, 0.25) is 0 Å². The summed E-state index contributed by atoms with van der Waals surface area (Å²) < 4.78 is 0. The van der Waals surface area contributed by atoms with Gasteiger partial charge in [-0.25, -0.2) is 0 Å². The number of phenolic OH excluding ortho intramolecular Hbond substituents is 2. The van der Waals surface area contributed by atoms with Gasteiger partial charge in [0.25, 0.3) is 0 Å². The standard InChI is InChI=1S/C20H18O2/c1-13-11-19(15-3-7-17(21)8-4-15)14(2)20(12-13)16-5-9-18(22)10-6-16/h3-12,21-22H,1-2H3. The van der Waals surface area contributed by atoms with Gasteiger partial charge in [0.2, 0.25) is 0 Å². The number of phenols is 2. The SMILES string of the molecule is Cc1cc(-c2ccc(O)cc2)c(C)c(-c2ccc(O)cc2)c1. The van der Waals surface area contributed by atoms with Gasteiger partial charge in [-0.15, -0.1) is 0 Å². The number of hydrogen-bond acceptors (Lipinski definition) is 2. The lowest BCUT2D eigenvalue weighted by Gasteiger charge is -2.14. The van der Waals surface area contributed by atoms with E-state index in [2.05, 4.69) is 26.0 Å². The van der Waals surface area contributed by atoms with Crippen molar-refractivity contribution in [1.29, 1.82) is 0 Å². The summed E-state index contributed by atoms with van der Waals surface area (Å²) in [5.74, 6) is 0.542. The molecule has 0 bridgehead atoms. The summed E-state index contributed by atoms with van der Waals surface area (Å²) >= 11 is 0.